The molecule has 0 radical (unpaired) electrons. The third kappa shape index (κ3) is 3.06. The smallest absolute Gasteiger partial charge is 0.239 e. The topological polar surface area (TPSA) is 72.9 Å². The van der Waals surface area contributed by atoms with Crippen molar-refractivity contribution in [2.75, 3.05) is 0 Å². The summed E-state index contributed by atoms with van der Waals surface area (Å²) in [4.78, 5) is 15.8. The Kier molecular flexibility index (Phi) is 3.93. The summed E-state index contributed by atoms with van der Waals surface area (Å²) in [7, 11) is 0. The highest BCUT2D eigenvalue weighted by molar-refractivity contribution is 5.84. The van der Waals surface area contributed by atoms with Crippen LogP contribution in [0, 0.1) is 13.8 Å². The van der Waals surface area contributed by atoms with Crippen molar-refractivity contribution in [3.05, 3.63) is 17.7 Å². The minimum atomic E-state index is -0.758. The first-order valence-electron chi connectivity index (χ1n) is 5.82. The van der Waals surface area contributed by atoms with E-state index >= 15 is 0 Å². The summed E-state index contributed by atoms with van der Waals surface area (Å²) in [5.41, 5.74) is 6.76. The highest BCUT2D eigenvalue weighted by Crippen LogP contribution is 2.12. The molecule has 1 heterocycles. The summed E-state index contributed by atoms with van der Waals surface area (Å²) >= 11 is 0. The van der Waals surface area contributed by atoms with Crippen molar-refractivity contribution < 1.29 is 4.79 Å². The largest absolute Gasteiger partial charge is 0.368 e. The second-order valence-electron chi connectivity index (χ2n) is 5.04. The lowest BCUT2D eigenvalue weighted by Gasteiger charge is -2.30. The third-order valence-electron chi connectivity index (χ3n) is 2.98. The number of aryl methyl sites for hydroxylation is 1. The van der Waals surface area contributed by atoms with E-state index in [2.05, 4.69) is 10.3 Å². The predicted molar refractivity (Wildman–Crippen MR) is 67.6 cm³/mol. The molecule has 0 aliphatic carbocycles. The Bertz CT molecular complexity index is 411. The Morgan fingerprint density at radius 1 is 1.59 bits per heavy atom. The van der Waals surface area contributed by atoms with Crippen molar-refractivity contribution in [1.29, 1.82) is 0 Å². The molecule has 1 amide bonds. The monoisotopic (exact) mass is 238 g/mol. The van der Waals surface area contributed by atoms with Gasteiger partial charge in [-0.2, -0.15) is 0 Å². The van der Waals surface area contributed by atoms with Crippen LogP contribution in [-0.4, -0.2) is 27.0 Å². The fraction of sp³-hybridized carbons (Fsp3) is 0.667. The molecule has 1 aromatic heterocycles. The maximum absolute atomic E-state index is 11.6. The zero-order valence-electron chi connectivity index (χ0n) is 11.2. The zero-order chi connectivity index (χ0) is 13.2. The van der Waals surface area contributed by atoms with Crippen LogP contribution >= 0.6 is 0 Å². The number of nitrogens with two attached hydrogens (primary N) is 1. The Morgan fingerprint density at radius 2 is 2.18 bits per heavy atom. The van der Waals surface area contributed by atoms with Crippen molar-refractivity contribution in [1.82, 2.24) is 14.9 Å². The van der Waals surface area contributed by atoms with Gasteiger partial charge < -0.3 is 10.3 Å². The molecule has 96 valence electrons. The summed E-state index contributed by atoms with van der Waals surface area (Å²) in [5, 5.41) is 3.22. The molecule has 17 heavy (non-hydrogen) atoms. The minimum Gasteiger partial charge on any atom is -0.368 e. The van der Waals surface area contributed by atoms with E-state index < -0.39 is 5.54 Å². The first kappa shape index (κ1) is 13.7. The van der Waals surface area contributed by atoms with Gasteiger partial charge in [-0.15, -0.1) is 0 Å². The van der Waals surface area contributed by atoms with E-state index in [1.165, 1.54) is 0 Å². The average Bonchev–Trinajstić information content (AvgIpc) is 2.48. The predicted octanol–water partition coefficient (Wildman–Crippen LogP) is 0.742. The molecule has 0 bridgehead atoms. The molecule has 0 saturated carbocycles. The van der Waals surface area contributed by atoms with Gasteiger partial charge in [0, 0.05) is 11.7 Å². The highest BCUT2D eigenvalue weighted by Gasteiger charge is 2.32. The Balaban J connectivity index is 2.95. The van der Waals surface area contributed by atoms with E-state index in [0.717, 1.165) is 11.4 Å². The van der Waals surface area contributed by atoms with Gasteiger partial charge in [0.05, 0.1) is 18.6 Å². The Morgan fingerprint density at radius 3 is 2.53 bits per heavy atom. The van der Waals surface area contributed by atoms with Crippen LogP contribution in [0.2, 0.25) is 0 Å². The number of carbonyl (C=O) groups excluding carboxylic acids is 1. The minimum absolute atomic E-state index is 0.192. The van der Waals surface area contributed by atoms with E-state index in [1.54, 1.807) is 6.33 Å². The van der Waals surface area contributed by atoms with Gasteiger partial charge in [0.15, 0.2) is 0 Å². The normalized spacial score (nSPS) is 14.9. The van der Waals surface area contributed by atoms with Crippen LogP contribution in [0.15, 0.2) is 6.33 Å². The molecular formula is C12H22N4O. The summed E-state index contributed by atoms with van der Waals surface area (Å²) in [6.07, 6.45) is 1.74. The van der Waals surface area contributed by atoms with Crippen LogP contribution in [0.4, 0.5) is 0 Å². The molecule has 1 atom stereocenters. The van der Waals surface area contributed by atoms with Crippen LogP contribution in [0.3, 0.4) is 0 Å². The third-order valence-corrected chi connectivity index (χ3v) is 2.98. The van der Waals surface area contributed by atoms with Gasteiger partial charge in [0.25, 0.3) is 0 Å². The molecule has 0 spiro atoms. The molecule has 0 aromatic carbocycles. The lowest BCUT2D eigenvalue weighted by atomic mass is 10.00. The molecule has 5 nitrogen and oxygen atoms in total. The number of primary amides is 1. The standard InChI is InChI=1S/C12H22N4O/c1-8(2)15-12(5,11(13)17)6-16-7-14-9(3)10(16)4/h7-8,15H,6H2,1-5H3,(H2,13,17). The second-order valence-corrected chi connectivity index (χ2v) is 5.04. The lowest BCUT2D eigenvalue weighted by molar-refractivity contribution is -0.124. The molecule has 0 fully saturated rings. The number of nitrogens with one attached hydrogen (secondary N) is 1. The average molecular weight is 238 g/mol. The van der Waals surface area contributed by atoms with Gasteiger partial charge in [-0.3, -0.25) is 10.1 Å². The number of nitrogens with zero attached hydrogens (tertiary/aromatic N) is 2. The van der Waals surface area contributed by atoms with Gasteiger partial charge in [-0.25, -0.2) is 4.98 Å². The first-order valence-corrected chi connectivity index (χ1v) is 5.82. The number of hydrogen-bond acceptors (Lipinski definition) is 3. The van der Waals surface area contributed by atoms with Crippen LogP contribution in [0.25, 0.3) is 0 Å². The Labute approximate surface area is 102 Å². The van der Waals surface area contributed by atoms with Crippen LogP contribution in [-0.2, 0) is 11.3 Å². The maximum Gasteiger partial charge on any atom is 0.239 e. The van der Waals surface area contributed by atoms with Crippen LogP contribution in [0.1, 0.15) is 32.2 Å². The quantitative estimate of drug-likeness (QED) is 0.794. The van der Waals surface area contributed by atoms with Crippen LogP contribution in [0.5, 0.6) is 0 Å². The summed E-state index contributed by atoms with van der Waals surface area (Å²) < 4.78 is 1.95. The fourth-order valence-corrected chi connectivity index (χ4v) is 1.88. The first-order chi connectivity index (χ1) is 7.76. The van der Waals surface area contributed by atoms with E-state index in [-0.39, 0.29) is 11.9 Å². The molecular weight excluding hydrogens is 216 g/mol. The van der Waals surface area contributed by atoms with E-state index in [9.17, 15) is 4.79 Å². The van der Waals surface area contributed by atoms with Crippen molar-refractivity contribution in [2.24, 2.45) is 5.73 Å². The van der Waals surface area contributed by atoms with E-state index in [4.69, 9.17) is 5.73 Å². The number of aromatic nitrogens is 2. The fourth-order valence-electron chi connectivity index (χ4n) is 1.88. The van der Waals surface area contributed by atoms with E-state index in [1.807, 2.05) is 39.2 Å². The highest BCUT2D eigenvalue weighted by atomic mass is 16.1. The number of amides is 1. The number of rotatable bonds is 5. The zero-order valence-corrected chi connectivity index (χ0v) is 11.2. The van der Waals surface area contributed by atoms with Gasteiger partial charge in [0.1, 0.15) is 5.54 Å². The maximum atomic E-state index is 11.6. The SMILES string of the molecule is Cc1ncn(CC(C)(NC(C)C)C(N)=O)c1C. The van der Waals surface area contributed by atoms with Crippen LogP contribution < -0.4 is 11.1 Å². The van der Waals surface area contributed by atoms with Gasteiger partial charge in [-0.1, -0.05) is 0 Å². The molecule has 3 N–H and O–H groups in total. The molecule has 1 unspecified atom stereocenters. The molecule has 0 aliphatic heterocycles. The van der Waals surface area contributed by atoms with Crippen molar-refractivity contribution in [2.45, 2.75) is 52.7 Å². The number of hydrogen-bond donors (Lipinski definition) is 2. The van der Waals surface area contributed by atoms with Gasteiger partial charge in [0.2, 0.25) is 5.91 Å². The van der Waals surface area contributed by atoms with Gasteiger partial charge in [-0.05, 0) is 34.6 Å². The molecule has 1 rings (SSSR count). The summed E-state index contributed by atoms with van der Waals surface area (Å²) in [6, 6.07) is 0.192. The number of carbonyl (C=O) groups is 1. The summed E-state index contributed by atoms with van der Waals surface area (Å²) in [6.45, 7) is 10.2. The lowest BCUT2D eigenvalue weighted by Crippen LogP contribution is -2.58. The Hall–Kier alpha value is -1.36. The van der Waals surface area contributed by atoms with Crippen molar-refractivity contribution in [3.63, 3.8) is 0 Å². The molecule has 5 heteroatoms. The molecule has 0 aliphatic rings. The molecule has 0 saturated heterocycles. The van der Waals surface area contributed by atoms with E-state index in [0.29, 0.717) is 6.54 Å². The molecule has 1 aromatic rings. The summed E-state index contributed by atoms with van der Waals surface area (Å²) in [5.74, 6) is -0.350. The van der Waals surface area contributed by atoms with Crippen molar-refractivity contribution in [3.8, 4) is 0 Å². The second kappa shape index (κ2) is 4.87. The van der Waals surface area contributed by atoms with Gasteiger partial charge >= 0.3 is 0 Å². The number of imidazole rings is 1. The van der Waals surface area contributed by atoms with Crippen molar-refractivity contribution >= 4 is 5.91 Å².